The van der Waals surface area contributed by atoms with Crippen molar-refractivity contribution in [3.8, 4) is 0 Å². The van der Waals surface area contributed by atoms with Crippen LogP contribution in [-0.4, -0.2) is 30.8 Å². The van der Waals surface area contributed by atoms with E-state index < -0.39 is 5.97 Å². The van der Waals surface area contributed by atoms with Crippen LogP contribution in [0.5, 0.6) is 0 Å². The maximum atomic E-state index is 10.5. The highest BCUT2D eigenvalue weighted by atomic mass is 16.5. The van der Waals surface area contributed by atoms with Gasteiger partial charge in [-0.1, -0.05) is 13.3 Å². The molecule has 0 rings (SSSR count). The van der Waals surface area contributed by atoms with Crippen molar-refractivity contribution in [3.05, 3.63) is 0 Å². The minimum absolute atomic E-state index is 0.0642. The highest BCUT2D eigenvalue weighted by Gasteiger charge is 2.12. The molecule has 3 N–H and O–H groups in total. The van der Waals surface area contributed by atoms with Gasteiger partial charge in [0.15, 0.2) is 0 Å². The summed E-state index contributed by atoms with van der Waals surface area (Å²) in [4.78, 5) is 10.5. The Kier molecular flexibility index (Phi) is 8.57. The smallest absolute Gasteiger partial charge is 0.303 e. The van der Waals surface area contributed by atoms with E-state index in [1.807, 2.05) is 0 Å². The standard InChI is InChI=1S/C10H21NO3/c1-2-3-6-14-8-9(4-5-11)7-10(12)13/h9H,2-8,11H2,1H3,(H,12,13)/t9-/m1/s1. The minimum Gasteiger partial charge on any atom is -0.481 e. The number of hydrogen-bond donors (Lipinski definition) is 2. The zero-order chi connectivity index (χ0) is 10.8. The molecule has 0 radical (unpaired) electrons. The molecular formula is C10H21NO3. The van der Waals surface area contributed by atoms with Crippen molar-refractivity contribution in [1.29, 1.82) is 0 Å². The second-order valence-electron chi connectivity index (χ2n) is 3.47. The van der Waals surface area contributed by atoms with Gasteiger partial charge in [-0.3, -0.25) is 4.79 Å². The van der Waals surface area contributed by atoms with E-state index in [1.54, 1.807) is 0 Å². The van der Waals surface area contributed by atoms with Crippen LogP contribution in [0.25, 0.3) is 0 Å². The quantitative estimate of drug-likeness (QED) is 0.553. The molecule has 0 fully saturated rings. The molecule has 0 amide bonds. The summed E-state index contributed by atoms with van der Waals surface area (Å²) in [5.41, 5.74) is 5.39. The first-order valence-corrected chi connectivity index (χ1v) is 5.20. The van der Waals surface area contributed by atoms with Crippen molar-refractivity contribution in [2.45, 2.75) is 32.6 Å². The number of carboxylic acid groups (broad SMARTS) is 1. The molecule has 0 aromatic carbocycles. The van der Waals surface area contributed by atoms with Gasteiger partial charge in [0.05, 0.1) is 6.42 Å². The zero-order valence-corrected chi connectivity index (χ0v) is 8.87. The summed E-state index contributed by atoms with van der Waals surface area (Å²) >= 11 is 0. The summed E-state index contributed by atoms with van der Waals surface area (Å²) in [5.74, 6) is -0.711. The number of unbranched alkanes of at least 4 members (excludes halogenated alkanes) is 1. The van der Waals surface area contributed by atoms with Gasteiger partial charge in [-0.15, -0.1) is 0 Å². The van der Waals surface area contributed by atoms with Gasteiger partial charge in [-0.25, -0.2) is 0 Å². The lowest BCUT2D eigenvalue weighted by Gasteiger charge is -2.13. The molecule has 0 saturated carbocycles. The van der Waals surface area contributed by atoms with Crippen molar-refractivity contribution in [1.82, 2.24) is 0 Å². The third kappa shape index (κ3) is 8.01. The summed E-state index contributed by atoms with van der Waals surface area (Å²) in [7, 11) is 0. The highest BCUT2D eigenvalue weighted by molar-refractivity contribution is 5.67. The van der Waals surface area contributed by atoms with Crippen molar-refractivity contribution in [2.75, 3.05) is 19.8 Å². The Morgan fingerprint density at radius 3 is 2.79 bits per heavy atom. The lowest BCUT2D eigenvalue weighted by molar-refractivity contribution is -0.138. The van der Waals surface area contributed by atoms with Crippen molar-refractivity contribution < 1.29 is 14.6 Å². The summed E-state index contributed by atoms with van der Waals surface area (Å²) in [6.45, 7) is 3.85. The first-order valence-electron chi connectivity index (χ1n) is 5.20. The summed E-state index contributed by atoms with van der Waals surface area (Å²) in [6, 6.07) is 0. The average molecular weight is 203 g/mol. The molecule has 0 unspecified atom stereocenters. The Morgan fingerprint density at radius 2 is 2.29 bits per heavy atom. The number of aliphatic carboxylic acids is 1. The molecule has 0 spiro atoms. The fraction of sp³-hybridized carbons (Fsp3) is 0.900. The van der Waals surface area contributed by atoms with Gasteiger partial charge < -0.3 is 15.6 Å². The normalized spacial score (nSPS) is 12.7. The van der Waals surface area contributed by atoms with E-state index in [1.165, 1.54) is 0 Å². The largest absolute Gasteiger partial charge is 0.481 e. The number of nitrogens with two attached hydrogens (primary N) is 1. The van der Waals surface area contributed by atoms with Crippen LogP contribution in [0.1, 0.15) is 32.6 Å². The number of hydrogen-bond acceptors (Lipinski definition) is 3. The SMILES string of the molecule is CCCCOC[C@H](CCN)CC(=O)O. The summed E-state index contributed by atoms with van der Waals surface area (Å²) in [5, 5.41) is 8.62. The van der Waals surface area contributed by atoms with Gasteiger partial charge in [-0.2, -0.15) is 0 Å². The molecule has 0 heterocycles. The van der Waals surface area contributed by atoms with Crippen LogP contribution in [0.2, 0.25) is 0 Å². The molecule has 1 atom stereocenters. The van der Waals surface area contributed by atoms with Crippen molar-refractivity contribution in [2.24, 2.45) is 11.7 Å². The van der Waals surface area contributed by atoms with E-state index in [4.69, 9.17) is 15.6 Å². The lowest BCUT2D eigenvalue weighted by atomic mass is 10.0. The molecule has 0 aromatic heterocycles. The lowest BCUT2D eigenvalue weighted by Crippen LogP contribution is -2.18. The number of rotatable bonds is 9. The Bertz CT molecular complexity index is 150. The number of carboxylic acids is 1. The molecule has 0 saturated heterocycles. The summed E-state index contributed by atoms with van der Waals surface area (Å²) < 4.78 is 5.37. The topological polar surface area (TPSA) is 72.5 Å². The van der Waals surface area contributed by atoms with E-state index in [-0.39, 0.29) is 12.3 Å². The minimum atomic E-state index is -0.775. The fourth-order valence-corrected chi connectivity index (χ4v) is 1.22. The number of carbonyl (C=O) groups is 1. The van der Waals surface area contributed by atoms with Gasteiger partial charge in [-0.05, 0) is 25.3 Å². The van der Waals surface area contributed by atoms with Crippen LogP contribution in [0.4, 0.5) is 0 Å². The Balaban J connectivity index is 3.56. The van der Waals surface area contributed by atoms with Crippen LogP contribution >= 0.6 is 0 Å². The monoisotopic (exact) mass is 203 g/mol. The van der Waals surface area contributed by atoms with E-state index in [0.717, 1.165) is 25.9 Å². The zero-order valence-electron chi connectivity index (χ0n) is 8.87. The second-order valence-corrected chi connectivity index (χ2v) is 3.47. The molecule has 0 aliphatic carbocycles. The van der Waals surface area contributed by atoms with Crippen LogP contribution in [0.15, 0.2) is 0 Å². The Labute approximate surface area is 85.4 Å². The van der Waals surface area contributed by atoms with Gasteiger partial charge in [0.1, 0.15) is 0 Å². The predicted molar refractivity (Wildman–Crippen MR) is 55.1 cm³/mol. The van der Waals surface area contributed by atoms with Crippen LogP contribution in [-0.2, 0) is 9.53 Å². The third-order valence-electron chi connectivity index (χ3n) is 2.03. The first-order chi connectivity index (χ1) is 6.70. The molecule has 4 nitrogen and oxygen atoms in total. The molecule has 14 heavy (non-hydrogen) atoms. The predicted octanol–water partition coefficient (Wildman–Crippen LogP) is 1.24. The highest BCUT2D eigenvalue weighted by Crippen LogP contribution is 2.08. The van der Waals surface area contributed by atoms with E-state index in [0.29, 0.717) is 13.2 Å². The number of ether oxygens (including phenoxy) is 1. The van der Waals surface area contributed by atoms with E-state index in [2.05, 4.69) is 6.92 Å². The maximum Gasteiger partial charge on any atom is 0.303 e. The Morgan fingerprint density at radius 1 is 1.57 bits per heavy atom. The van der Waals surface area contributed by atoms with Crippen LogP contribution < -0.4 is 5.73 Å². The van der Waals surface area contributed by atoms with Crippen molar-refractivity contribution in [3.63, 3.8) is 0 Å². The molecule has 0 aliphatic rings. The molecule has 0 bridgehead atoms. The summed E-state index contributed by atoms with van der Waals surface area (Å²) in [6.07, 6.45) is 3.00. The van der Waals surface area contributed by atoms with Crippen LogP contribution in [0.3, 0.4) is 0 Å². The molecule has 0 aromatic rings. The first kappa shape index (κ1) is 13.4. The van der Waals surface area contributed by atoms with Gasteiger partial charge in [0.25, 0.3) is 0 Å². The average Bonchev–Trinajstić information content (AvgIpc) is 2.12. The van der Waals surface area contributed by atoms with Gasteiger partial charge >= 0.3 is 5.97 Å². The van der Waals surface area contributed by atoms with E-state index in [9.17, 15) is 4.79 Å². The second kappa shape index (κ2) is 8.97. The van der Waals surface area contributed by atoms with Crippen LogP contribution in [0, 0.1) is 5.92 Å². The molecular weight excluding hydrogens is 182 g/mol. The fourth-order valence-electron chi connectivity index (χ4n) is 1.22. The van der Waals surface area contributed by atoms with Crippen molar-refractivity contribution >= 4 is 5.97 Å². The molecule has 0 aliphatic heterocycles. The van der Waals surface area contributed by atoms with Gasteiger partial charge in [0, 0.05) is 13.2 Å². The van der Waals surface area contributed by atoms with E-state index >= 15 is 0 Å². The third-order valence-corrected chi connectivity index (χ3v) is 2.03. The van der Waals surface area contributed by atoms with Gasteiger partial charge in [0.2, 0.25) is 0 Å². The maximum absolute atomic E-state index is 10.5. The molecule has 84 valence electrons. The molecule has 4 heteroatoms. The Hall–Kier alpha value is -0.610.